The lowest BCUT2D eigenvalue weighted by atomic mass is 10.2. The number of unbranched alkanes of at least 4 members (excludes halogenated alkanes) is 1. The summed E-state index contributed by atoms with van der Waals surface area (Å²) in [5.41, 5.74) is 0. The van der Waals surface area contributed by atoms with E-state index in [1.165, 1.54) is 16.4 Å². The van der Waals surface area contributed by atoms with E-state index in [2.05, 4.69) is 16.6 Å². The number of methoxy groups -OCH3 is 1. The number of aliphatic hydroxyl groups excluding tert-OH is 1. The summed E-state index contributed by atoms with van der Waals surface area (Å²) in [4.78, 5) is 1.18. The van der Waals surface area contributed by atoms with Gasteiger partial charge in [0.1, 0.15) is 0 Å². The maximum Gasteiger partial charge on any atom is 0.225 e. The fourth-order valence-corrected chi connectivity index (χ4v) is 1.95. The summed E-state index contributed by atoms with van der Waals surface area (Å²) in [6.07, 6.45) is 1.85. The summed E-state index contributed by atoms with van der Waals surface area (Å²) in [6, 6.07) is 2.25. The maximum absolute atomic E-state index is 8.63. The summed E-state index contributed by atoms with van der Waals surface area (Å²) in [5, 5.41) is 12.0. The van der Waals surface area contributed by atoms with E-state index >= 15 is 0 Å². The first-order chi connectivity index (χ1) is 7.27. The van der Waals surface area contributed by atoms with E-state index in [0.717, 1.165) is 19.4 Å². The fourth-order valence-electron chi connectivity index (χ4n) is 1.23. The molecule has 0 aromatic carbocycles. The molecule has 1 rings (SSSR count). The first-order valence-corrected chi connectivity index (χ1v) is 5.90. The van der Waals surface area contributed by atoms with Crippen LogP contribution in [0.15, 0.2) is 6.07 Å². The van der Waals surface area contributed by atoms with E-state index in [0.29, 0.717) is 11.9 Å². The van der Waals surface area contributed by atoms with Gasteiger partial charge in [-0.05, 0) is 37.8 Å². The van der Waals surface area contributed by atoms with E-state index in [1.807, 2.05) is 6.07 Å². The molecule has 1 atom stereocenters. The number of hydrogen-bond donors (Lipinski definition) is 2. The molecule has 4 nitrogen and oxygen atoms in total. The van der Waals surface area contributed by atoms with Crippen LogP contribution in [0.2, 0.25) is 0 Å². The molecule has 0 amide bonds. The Morgan fingerprint density at radius 1 is 1.60 bits per heavy atom. The minimum atomic E-state index is 0.268. The van der Waals surface area contributed by atoms with E-state index < -0.39 is 0 Å². The van der Waals surface area contributed by atoms with Crippen LogP contribution in [-0.4, -0.2) is 29.7 Å². The van der Waals surface area contributed by atoms with E-state index in [-0.39, 0.29) is 6.61 Å². The largest absolute Gasteiger partial charge is 0.480 e. The fraction of sp³-hybridized carbons (Fsp3) is 0.700. The molecule has 5 heteroatoms. The van der Waals surface area contributed by atoms with Crippen molar-refractivity contribution >= 4 is 11.5 Å². The van der Waals surface area contributed by atoms with Crippen molar-refractivity contribution in [1.82, 2.24) is 9.69 Å². The van der Waals surface area contributed by atoms with Crippen LogP contribution < -0.4 is 10.1 Å². The molecule has 0 aliphatic carbocycles. The third-order valence-electron chi connectivity index (χ3n) is 2.18. The smallest absolute Gasteiger partial charge is 0.225 e. The minimum Gasteiger partial charge on any atom is -0.480 e. The van der Waals surface area contributed by atoms with Crippen molar-refractivity contribution in [2.45, 2.75) is 25.8 Å². The molecular weight excluding hydrogens is 212 g/mol. The van der Waals surface area contributed by atoms with Crippen LogP contribution in [0.1, 0.15) is 30.7 Å². The average Bonchev–Trinajstić information content (AvgIpc) is 2.72. The minimum absolute atomic E-state index is 0.268. The van der Waals surface area contributed by atoms with Gasteiger partial charge >= 0.3 is 0 Å². The lowest BCUT2D eigenvalue weighted by Crippen LogP contribution is -2.19. The average molecular weight is 230 g/mol. The van der Waals surface area contributed by atoms with Crippen LogP contribution in [-0.2, 0) is 0 Å². The zero-order valence-electron chi connectivity index (χ0n) is 9.19. The number of nitrogens with zero attached hydrogens (tertiary/aromatic N) is 1. The Balaban J connectivity index is 2.29. The highest BCUT2D eigenvalue weighted by Gasteiger charge is 2.08. The topological polar surface area (TPSA) is 54.4 Å². The normalized spacial score (nSPS) is 12.7. The molecule has 0 saturated heterocycles. The van der Waals surface area contributed by atoms with Gasteiger partial charge in [0.05, 0.1) is 7.11 Å². The van der Waals surface area contributed by atoms with Crippen LogP contribution in [0.4, 0.5) is 0 Å². The Bertz CT molecular complexity index is 278. The molecule has 1 heterocycles. The van der Waals surface area contributed by atoms with Gasteiger partial charge in [0.2, 0.25) is 5.88 Å². The monoisotopic (exact) mass is 230 g/mol. The SMILES string of the molecule is COc1cc(C(C)NCCCCO)sn1. The van der Waals surface area contributed by atoms with Gasteiger partial charge in [-0.25, -0.2) is 0 Å². The van der Waals surface area contributed by atoms with Gasteiger partial charge in [-0.3, -0.25) is 0 Å². The van der Waals surface area contributed by atoms with Crippen LogP contribution >= 0.6 is 11.5 Å². The summed E-state index contributed by atoms with van der Waals surface area (Å²) in [7, 11) is 1.62. The van der Waals surface area contributed by atoms with Crippen LogP contribution in [0.5, 0.6) is 5.88 Å². The van der Waals surface area contributed by atoms with Crippen molar-refractivity contribution in [3.8, 4) is 5.88 Å². The Labute approximate surface area is 94.4 Å². The molecule has 0 bridgehead atoms. The molecule has 0 radical (unpaired) electrons. The van der Waals surface area contributed by atoms with E-state index in [9.17, 15) is 0 Å². The number of nitrogens with one attached hydrogen (secondary N) is 1. The molecule has 2 N–H and O–H groups in total. The highest BCUT2D eigenvalue weighted by Crippen LogP contribution is 2.22. The third-order valence-corrected chi connectivity index (χ3v) is 3.13. The highest BCUT2D eigenvalue weighted by molar-refractivity contribution is 7.06. The lowest BCUT2D eigenvalue weighted by molar-refractivity contribution is 0.283. The van der Waals surface area contributed by atoms with Crippen molar-refractivity contribution in [1.29, 1.82) is 0 Å². The van der Waals surface area contributed by atoms with Crippen molar-refractivity contribution in [3.63, 3.8) is 0 Å². The van der Waals surface area contributed by atoms with Crippen LogP contribution in [0.3, 0.4) is 0 Å². The molecule has 1 aromatic heterocycles. The molecule has 0 aliphatic heterocycles. The Morgan fingerprint density at radius 2 is 2.40 bits per heavy atom. The maximum atomic E-state index is 8.63. The summed E-state index contributed by atoms with van der Waals surface area (Å²) in [6.45, 7) is 3.29. The predicted molar refractivity (Wildman–Crippen MR) is 61.4 cm³/mol. The molecular formula is C10H18N2O2S. The summed E-state index contributed by atoms with van der Waals surface area (Å²) < 4.78 is 9.17. The van der Waals surface area contributed by atoms with E-state index in [1.54, 1.807) is 7.11 Å². The van der Waals surface area contributed by atoms with Gasteiger partial charge in [0.15, 0.2) is 0 Å². The second-order valence-electron chi connectivity index (χ2n) is 3.38. The van der Waals surface area contributed by atoms with Crippen molar-refractivity contribution in [2.24, 2.45) is 0 Å². The van der Waals surface area contributed by atoms with Crippen LogP contribution in [0.25, 0.3) is 0 Å². The first-order valence-electron chi connectivity index (χ1n) is 5.12. The lowest BCUT2D eigenvalue weighted by Gasteiger charge is -2.10. The molecule has 1 aromatic rings. The highest BCUT2D eigenvalue weighted by atomic mass is 32.1. The van der Waals surface area contributed by atoms with Gasteiger partial charge < -0.3 is 15.2 Å². The Hall–Kier alpha value is -0.650. The molecule has 86 valence electrons. The predicted octanol–water partition coefficient (Wildman–Crippen LogP) is 1.57. The van der Waals surface area contributed by atoms with Gasteiger partial charge in [-0.2, -0.15) is 4.37 Å². The summed E-state index contributed by atoms with van der Waals surface area (Å²) >= 11 is 1.46. The molecule has 0 saturated carbocycles. The van der Waals surface area contributed by atoms with Gasteiger partial charge in [-0.15, -0.1) is 0 Å². The standard InChI is InChI=1S/C10H18N2O2S/c1-8(11-5-3-4-6-13)9-7-10(14-2)12-15-9/h7-8,11,13H,3-6H2,1-2H3. The molecule has 1 unspecified atom stereocenters. The zero-order chi connectivity index (χ0) is 11.1. The van der Waals surface area contributed by atoms with E-state index in [4.69, 9.17) is 9.84 Å². The molecule has 15 heavy (non-hydrogen) atoms. The van der Waals surface area contributed by atoms with Crippen LogP contribution in [0, 0.1) is 0 Å². The third kappa shape index (κ3) is 4.15. The number of aromatic nitrogens is 1. The number of ether oxygens (including phenoxy) is 1. The quantitative estimate of drug-likeness (QED) is 0.698. The number of hydrogen-bond acceptors (Lipinski definition) is 5. The van der Waals surface area contributed by atoms with Gasteiger partial charge in [0.25, 0.3) is 0 Å². The van der Waals surface area contributed by atoms with Crippen molar-refractivity contribution in [2.75, 3.05) is 20.3 Å². The molecule has 0 spiro atoms. The van der Waals surface area contributed by atoms with Crippen molar-refractivity contribution in [3.05, 3.63) is 10.9 Å². The first kappa shape index (κ1) is 12.4. The number of aliphatic hydroxyl groups is 1. The number of rotatable bonds is 7. The van der Waals surface area contributed by atoms with Crippen molar-refractivity contribution < 1.29 is 9.84 Å². The molecule has 0 aliphatic rings. The summed E-state index contributed by atoms with van der Waals surface area (Å²) in [5.74, 6) is 0.680. The zero-order valence-corrected chi connectivity index (χ0v) is 10.0. The second-order valence-corrected chi connectivity index (χ2v) is 4.21. The van der Waals surface area contributed by atoms with Gasteiger partial charge in [0, 0.05) is 23.6 Å². The second kappa shape index (κ2) is 6.76. The molecule has 0 fully saturated rings. The Kier molecular flexibility index (Phi) is 5.60. The van der Waals surface area contributed by atoms with Gasteiger partial charge in [-0.1, -0.05) is 0 Å². The Morgan fingerprint density at radius 3 is 3.00 bits per heavy atom.